The van der Waals surface area contributed by atoms with Gasteiger partial charge in [-0.25, -0.2) is 3.63 Å². The van der Waals surface area contributed by atoms with E-state index >= 15 is 0 Å². The van der Waals surface area contributed by atoms with Gasteiger partial charge in [0.2, 0.25) is 0 Å². The highest BCUT2D eigenvalue weighted by Gasteiger charge is 2.52. The van der Waals surface area contributed by atoms with Gasteiger partial charge in [-0.15, -0.1) is 0 Å². The zero-order chi connectivity index (χ0) is 17.8. The fraction of sp³-hybridized carbons (Fsp3) is 0.200. The van der Waals surface area contributed by atoms with Gasteiger partial charge in [-0.05, 0) is 36.9 Å². The fourth-order valence-electron chi connectivity index (χ4n) is 2.44. The quantitative estimate of drug-likeness (QED) is 0.665. The van der Waals surface area contributed by atoms with E-state index in [1.165, 1.54) is 18.0 Å². The molecule has 1 atom stereocenters. The third kappa shape index (κ3) is 2.73. The second kappa shape index (κ2) is 5.69. The standard InChI is InChI=1S/C15H13F3O3S3/c1-10-6-5-9-13-14(10)22-11-7-3-4-8-12(11)23(13,2)21-24(19,20)15(16,17)18/h3-9H,1-2H3. The van der Waals surface area contributed by atoms with Crippen LogP contribution in [-0.2, 0) is 13.7 Å². The normalized spacial score (nSPS) is 23.0. The van der Waals surface area contributed by atoms with Gasteiger partial charge in [0.25, 0.3) is 0 Å². The lowest BCUT2D eigenvalue weighted by molar-refractivity contribution is -0.0496. The predicted octanol–water partition coefficient (Wildman–Crippen LogP) is 5.09. The summed E-state index contributed by atoms with van der Waals surface area (Å²) in [5.41, 5.74) is -4.61. The van der Waals surface area contributed by atoms with Crippen molar-refractivity contribution < 1.29 is 25.2 Å². The van der Waals surface area contributed by atoms with Crippen molar-refractivity contribution in [1.82, 2.24) is 0 Å². The molecule has 0 spiro atoms. The maximum absolute atomic E-state index is 12.9. The molecule has 0 saturated carbocycles. The number of hydrogen-bond donors (Lipinski definition) is 0. The van der Waals surface area contributed by atoms with Gasteiger partial charge in [-0.1, -0.05) is 46.3 Å². The number of aryl methyl sites for hydroxylation is 1. The average molecular weight is 394 g/mol. The van der Waals surface area contributed by atoms with Crippen LogP contribution in [0.5, 0.6) is 0 Å². The topological polar surface area (TPSA) is 43.4 Å². The number of benzene rings is 2. The summed E-state index contributed by atoms with van der Waals surface area (Å²) < 4.78 is 66.9. The average Bonchev–Trinajstić information content (AvgIpc) is 2.47. The molecule has 0 radical (unpaired) electrons. The van der Waals surface area contributed by atoms with Crippen LogP contribution in [0.2, 0.25) is 0 Å². The first-order chi connectivity index (χ1) is 11.1. The van der Waals surface area contributed by atoms with Crippen LogP contribution in [0.25, 0.3) is 0 Å². The smallest absolute Gasteiger partial charge is 0.204 e. The Bertz CT molecular complexity index is 910. The van der Waals surface area contributed by atoms with E-state index in [9.17, 15) is 21.6 Å². The molecule has 1 unspecified atom stereocenters. The molecule has 0 N–H and O–H groups in total. The molecule has 1 heterocycles. The molecular weight excluding hydrogens is 381 g/mol. The molecule has 0 bridgehead atoms. The summed E-state index contributed by atoms with van der Waals surface area (Å²) in [5, 5.41) is 0. The van der Waals surface area contributed by atoms with Crippen molar-refractivity contribution in [2.24, 2.45) is 0 Å². The molecule has 2 aromatic rings. The molecular formula is C15H13F3O3S3. The van der Waals surface area contributed by atoms with Crippen molar-refractivity contribution in [1.29, 1.82) is 0 Å². The highest BCUT2D eigenvalue weighted by Crippen LogP contribution is 2.70. The molecule has 2 aromatic carbocycles. The minimum absolute atomic E-state index is 0.473. The molecule has 0 amide bonds. The van der Waals surface area contributed by atoms with E-state index in [1.54, 1.807) is 36.4 Å². The molecule has 0 aliphatic carbocycles. The van der Waals surface area contributed by atoms with Crippen LogP contribution in [0.1, 0.15) is 5.56 Å². The Hall–Kier alpha value is -1.16. The van der Waals surface area contributed by atoms with Crippen LogP contribution in [0.15, 0.2) is 62.0 Å². The summed E-state index contributed by atoms with van der Waals surface area (Å²) in [6.45, 7) is 1.83. The van der Waals surface area contributed by atoms with Crippen molar-refractivity contribution in [2.45, 2.75) is 32.0 Å². The number of hydrogen-bond acceptors (Lipinski definition) is 4. The first-order valence-corrected chi connectivity index (χ1v) is 10.9. The Morgan fingerprint density at radius 2 is 1.67 bits per heavy atom. The van der Waals surface area contributed by atoms with Gasteiger partial charge < -0.3 is 0 Å². The van der Waals surface area contributed by atoms with Crippen molar-refractivity contribution in [2.75, 3.05) is 6.26 Å². The third-order valence-electron chi connectivity index (χ3n) is 3.59. The maximum Gasteiger partial charge on any atom is 0.523 e. The van der Waals surface area contributed by atoms with Crippen LogP contribution in [0.4, 0.5) is 13.2 Å². The largest absolute Gasteiger partial charge is 0.523 e. The van der Waals surface area contributed by atoms with E-state index in [4.69, 9.17) is 3.63 Å². The Morgan fingerprint density at radius 1 is 1.04 bits per heavy atom. The SMILES string of the molecule is Cc1cccc2c1Sc1ccccc1S2(C)OS(=O)(=O)C(F)(F)F. The molecule has 0 fully saturated rings. The van der Waals surface area contributed by atoms with Crippen molar-refractivity contribution in [3.05, 3.63) is 48.0 Å². The Morgan fingerprint density at radius 3 is 2.33 bits per heavy atom. The summed E-state index contributed by atoms with van der Waals surface area (Å²) in [4.78, 5) is 2.40. The second-order valence-corrected chi connectivity index (χ2v) is 10.8. The van der Waals surface area contributed by atoms with Crippen molar-refractivity contribution >= 4 is 32.2 Å². The fourth-order valence-corrected chi connectivity index (χ4v) is 8.78. The molecule has 24 heavy (non-hydrogen) atoms. The van der Waals surface area contributed by atoms with E-state index < -0.39 is 25.9 Å². The maximum atomic E-state index is 12.9. The van der Waals surface area contributed by atoms with Crippen LogP contribution in [0.3, 0.4) is 0 Å². The lowest BCUT2D eigenvalue weighted by atomic mass is 10.2. The van der Waals surface area contributed by atoms with E-state index in [0.717, 1.165) is 10.5 Å². The van der Waals surface area contributed by atoms with Gasteiger partial charge in [0.05, 0.1) is 0 Å². The Balaban J connectivity index is 2.26. The molecule has 0 saturated heterocycles. The first kappa shape index (κ1) is 17.7. The summed E-state index contributed by atoms with van der Waals surface area (Å²) in [5.74, 6) is 0. The van der Waals surface area contributed by atoms with Gasteiger partial charge in [0.15, 0.2) is 0 Å². The zero-order valence-electron chi connectivity index (χ0n) is 12.6. The number of fused-ring (bicyclic) bond motifs is 2. The monoisotopic (exact) mass is 394 g/mol. The van der Waals surface area contributed by atoms with Gasteiger partial charge in [0.1, 0.15) is 0 Å². The molecule has 1 aliphatic heterocycles. The minimum atomic E-state index is -5.73. The summed E-state index contributed by atoms with van der Waals surface area (Å²) in [6, 6.07) is 11.9. The number of rotatable bonds is 2. The summed E-state index contributed by atoms with van der Waals surface area (Å²) in [7, 11) is -8.58. The van der Waals surface area contributed by atoms with Crippen LogP contribution >= 0.6 is 22.1 Å². The van der Waals surface area contributed by atoms with Crippen LogP contribution < -0.4 is 0 Å². The summed E-state index contributed by atoms with van der Waals surface area (Å²) in [6.07, 6.45) is 1.44. The summed E-state index contributed by atoms with van der Waals surface area (Å²) >= 11 is 1.41. The van der Waals surface area contributed by atoms with Crippen molar-refractivity contribution in [3.8, 4) is 0 Å². The van der Waals surface area contributed by atoms with Gasteiger partial charge in [-0.2, -0.15) is 21.6 Å². The lowest BCUT2D eigenvalue weighted by Crippen LogP contribution is -2.27. The van der Waals surface area contributed by atoms with E-state index in [-0.39, 0.29) is 0 Å². The van der Waals surface area contributed by atoms with Crippen LogP contribution in [0, 0.1) is 6.92 Å². The van der Waals surface area contributed by atoms with E-state index in [1.807, 2.05) is 13.0 Å². The lowest BCUT2D eigenvalue weighted by Gasteiger charge is -2.40. The highest BCUT2D eigenvalue weighted by atomic mass is 32.3. The second-order valence-electron chi connectivity index (χ2n) is 5.26. The van der Waals surface area contributed by atoms with Crippen molar-refractivity contribution in [3.63, 3.8) is 0 Å². The predicted molar refractivity (Wildman–Crippen MR) is 87.9 cm³/mol. The molecule has 3 nitrogen and oxygen atoms in total. The zero-order valence-corrected chi connectivity index (χ0v) is 15.1. The number of halogens is 3. The molecule has 3 rings (SSSR count). The third-order valence-corrected chi connectivity index (χ3v) is 9.91. The Labute approximate surface area is 143 Å². The first-order valence-electron chi connectivity index (χ1n) is 6.73. The molecule has 1 aliphatic rings. The van der Waals surface area contributed by atoms with E-state index in [0.29, 0.717) is 14.7 Å². The van der Waals surface area contributed by atoms with Gasteiger partial charge in [-0.3, -0.25) is 0 Å². The molecule has 130 valence electrons. The Kier molecular flexibility index (Phi) is 4.18. The van der Waals surface area contributed by atoms with Gasteiger partial charge >= 0.3 is 15.6 Å². The number of alkyl halides is 3. The molecule has 9 heteroatoms. The minimum Gasteiger partial charge on any atom is -0.204 e. The van der Waals surface area contributed by atoms with E-state index in [2.05, 4.69) is 0 Å². The van der Waals surface area contributed by atoms with Crippen LogP contribution in [-0.4, -0.2) is 20.2 Å². The highest BCUT2D eigenvalue weighted by molar-refractivity contribution is 8.33. The van der Waals surface area contributed by atoms with Gasteiger partial charge in [0, 0.05) is 19.6 Å². The molecule has 0 aromatic heterocycles.